The average Bonchev–Trinajstić information content (AvgIpc) is 2.59. The van der Waals surface area contributed by atoms with Gasteiger partial charge in [-0.05, 0) is 56.1 Å². The molecule has 1 aromatic carbocycles. The van der Waals surface area contributed by atoms with E-state index < -0.39 is 6.04 Å². The lowest BCUT2D eigenvalue weighted by atomic mass is 9.87. The Morgan fingerprint density at radius 2 is 1.79 bits per heavy atom. The first kappa shape index (κ1) is 26.7. The summed E-state index contributed by atoms with van der Waals surface area (Å²) in [7, 11) is 3.95. The van der Waals surface area contributed by atoms with E-state index in [2.05, 4.69) is 17.3 Å². The molecule has 8 heteroatoms. The maximum Gasteiger partial charge on any atom is 0.253 e. The van der Waals surface area contributed by atoms with Crippen LogP contribution in [0.1, 0.15) is 44.0 Å². The number of piperidine rings is 1. The summed E-state index contributed by atoms with van der Waals surface area (Å²) in [5.74, 6) is -0.214. The Hall–Kier alpha value is -1.34. The van der Waals surface area contributed by atoms with Gasteiger partial charge in [0, 0.05) is 30.9 Å². The number of nitrogens with zero attached hydrogens (tertiary/aromatic N) is 2. The quantitative estimate of drug-likeness (QED) is 0.765. The van der Waals surface area contributed by atoms with Gasteiger partial charge in [0.25, 0.3) is 5.91 Å². The van der Waals surface area contributed by atoms with Crippen molar-refractivity contribution in [3.63, 3.8) is 0 Å². The van der Waals surface area contributed by atoms with Crippen molar-refractivity contribution in [2.45, 2.75) is 45.7 Å². The Labute approximate surface area is 181 Å². The van der Waals surface area contributed by atoms with Crippen molar-refractivity contribution >= 4 is 42.3 Å². The Kier molecular flexibility index (Phi) is 10.5. The normalized spacial score (nSPS) is 18.3. The van der Waals surface area contributed by atoms with Crippen LogP contribution in [0.4, 0.5) is 5.69 Å². The highest BCUT2D eigenvalue weighted by Gasteiger charge is 2.28. The monoisotopic (exact) mass is 432 g/mol. The van der Waals surface area contributed by atoms with Crippen LogP contribution in [-0.4, -0.2) is 60.9 Å². The van der Waals surface area contributed by atoms with Gasteiger partial charge in [-0.25, -0.2) is 0 Å². The molecule has 2 rings (SSSR count). The molecular formula is C20H34Cl2N4O2. The summed E-state index contributed by atoms with van der Waals surface area (Å²) in [6.45, 7) is 7.78. The van der Waals surface area contributed by atoms with Gasteiger partial charge in [-0.15, -0.1) is 24.8 Å². The zero-order valence-electron chi connectivity index (χ0n) is 17.4. The second-order valence-corrected chi connectivity index (χ2v) is 8.38. The Morgan fingerprint density at radius 1 is 1.21 bits per heavy atom. The molecule has 1 aliphatic heterocycles. The summed E-state index contributed by atoms with van der Waals surface area (Å²) < 4.78 is 0. The van der Waals surface area contributed by atoms with Gasteiger partial charge in [-0.3, -0.25) is 9.59 Å². The SMILES string of the molecule is CN1CCCC(N(C)C(=O)c2ccc(NC(=O)[C@@H](N)C(C)(C)C)cc2)C1.Cl.Cl. The molecule has 0 radical (unpaired) electrons. The molecule has 1 saturated heterocycles. The first-order chi connectivity index (χ1) is 12.1. The predicted octanol–water partition coefficient (Wildman–Crippen LogP) is 3.01. The van der Waals surface area contributed by atoms with Crippen molar-refractivity contribution in [3.05, 3.63) is 29.8 Å². The molecule has 0 saturated carbocycles. The van der Waals surface area contributed by atoms with E-state index in [4.69, 9.17) is 5.73 Å². The van der Waals surface area contributed by atoms with Crippen molar-refractivity contribution in [2.24, 2.45) is 11.1 Å². The molecule has 1 aromatic rings. The van der Waals surface area contributed by atoms with E-state index in [1.807, 2.05) is 32.7 Å². The molecule has 0 aliphatic carbocycles. The van der Waals surface area contributed by atoms with Crippen LogP contribution in [0.2, 0.25) is 0 Å². The van der Waals surface area contributed by atoms with Crippen LogP contribution >= 0.6 is 24.8 Å². The molecule has 0 spiro atoms. The molecule has 0 aromatic heterocycles. The number of benzene rings is 1. The number of likely N-dealkylation sites (tertiary alicyclic amines) is 1. The van der Waals surface area contributed by atoms with Crippen LogP contribution in [0.25, 0.3) is 0 Å². The smallest absolute Gasteiger partial charge is 0.253 e. The molecule has 1 heterocycles. The fourth-order valence-corrected chi connectivity index (χ4v) is 3.13. The van der Waals surface area contributed by atoms with Crippen LogP contribution in [0.15, 0.2) is 24.3 Å². The predicted molar refractivity (Wildman–Crippen MR) is 120 cm³/mol. The fourth-order valence-electron chi connectivity index (χ4n) is 3.13. The molecule has 0 bridgehead atoms. The summed E-state index contributed by atoms with van der Waals surface area (Å²) in [6.07, 6.45) is 2.14. The molecule has 28 heavy (non-hydrogen) atoms. The number of rotatable bonds is 4. The fraction of sp³-hybridized carbons (Fsp3) is 0.600. The number of carbonyl (C=O) groups is 2. The average molecular weight is 433 g/mol. The number of likely N-dealkylation sites (N-methyl/N-ethyl adjacent to an activating group) is 2. The minimum absolute atomic E-state index is 0. The first-order valence-electron chi connectivity index (χ1n) is 9.22. The van der Waals surface area contributed by atoms with Crippen LogP contribution in [0.3, 0.4) is 0 Å². The van der Waals surface area contributed by atoms with Crippen molar-refractivity contribution in [1.29, 1.82) is 0 Å². The van der Waals surface area contributed by atoms with Gasteiger partial charge < -0.3 is 20.9 Å². The maximum absolute atomic E-state index is 12.7. The number of nitrogens with two attached hydrogens (primary N) is 1. The summed E-state index contributed by atoms with van der Waals surface area (Å²) in [4.78, 5) is 29.0. The Morgan fingerprint density at radius 3 is 2.29 bits per heavy atom. The number of hydrogen-bond donors (Lipinski definition) is 2. The van der Waals surface area contributed by atoms with Crippen LogP contribution in [0, 0.1) is 5.41 Å². The van der Waals surface area contributed by atoms with Crippen LogP contribution in [0.5, 0.6) is 0 Å². The van der Waals surface area contributed by atoms with Gasteiger partial charge >= 0.3 is 0 Å². The minimum Gasteiger partial charge on any atom is -0.337 e. The third-order valence-corrected chi connectivity index (χ3v) is 5.08. The van der Waals surface area contributed by atoms with Gasteiger partial charge in [-0.1, -0.05) is 20.8 Å². The van der Waals surface area contributed by atoms with Gasteiger partial charge in [-0.2, -0.15) is 0 Å². The topological polar surface area (TPSA) is 78.7 Å². The van der Waals surface area contributed by atoms with Crippen molar-refractivity contribution in [1.82, 2.24) is 9.80 Å². The van der Waals surface area contributed by atoms with Crippen LogP contribution < -0.4 is 11.1 Å². The highest BCUT2D eigenvalue weighted by Crippen LogP contribution is 2.20. The molecule has 6 nitrogen and oxygen atoms in total. The lowest BCUT2D eigenvalue weighted by Gasteiger charge is -2.35. The second-order valence-electron chi connectivity index (χ2n) is 8.38. The van der Waals surface area contributed by atoms with E-state index in [1.54, 1.807) is 24.3 Å². The summed E-state index contributed by atoms with van der Waals surface area (Å²) in [5, 5.41) is 2.82. The molecule has 3 N–H and O–H groups in total. The Bertz CT molecular complexity index is 647. The van der Waals surface area contributed by atoms with Crippen molar-refractivity contribution in [2.75, 3.05) is 32.5 Å². The minimum atomic E-state index is -0.599. The van der Waals surface area contributed by atoms with Gasteiger partial charge in [0.05, 0.1) is 6.04 Å². The number of carbonyl (C=O) groups excluding carboxylic acids is 2. The van der Waals surface area contributed by atoms with Gasteiger partial charge in [0.2, 0.25) is 5.91 Å². The van der Waals surface area contributed by atoms with E-state index >= 15 is 0 Å². The number of hydrogen-bond acceptors (Lipinski definition) is 4. The number of nitrogens with one attached hydrogen (secondary N) is 1. The van der Waals surface area contributed by atoms with E-state index in [9.17, 15) is 9.59 Å². The number of amides is 2. The third kappa shape index (κ3) is 6.92. The molecule has 1 unspecified atom stereocenters. The largest absolute Gasteiger partial charge is 0.337 e. The van der Waals surface area contributed by atoms with Gasteiger partial charge in [0.15, 0.2) is 0 Å². The van der Waals surface area contributed by atoms with Gasteiger partial charge in [0.1, 0.15) is 0 Å². The molecule has 160 valence electrons. The molecule has 2 amide bonds. The summed E-state index contributed by atoms with van der Waals surface area (Å²) in [5.41, 5.74) is 6.94. The molecule has 2 atom stereocenters. The zero-order valence-corrected chi connectivity index (χ0v) is 19.0. The highest BCUT2D eigenvalue weighted by molar-refractivity contribution is 5.97. The molecule has 1 fully saturated rings. The standard InChI is InChI=1S/C20H32N4O2.2ClH/c1-20(2,3)17(21)18(25)22-15-10-8-14(9-11-15)19(26)24(5)16-7-6-12-23(4)13-16;;/h8-11,16-17H,6-7,12-13,21H2,1-5H3,(H,22,25);2*1H/t16?,17-;;/m1../s1. The van der Waals surface area contributed by atoms with E-state index in [0.717, 1.165) is 25.9 Å². The lowest BCUT2D eigenvalue weighted by Crippen LogP contribution is -2.47. The Balaban J connectivity index is 0.00000364. The van der Waals surface area contributed by atoms with Crippen LogP contribution in [-0.2, 0) is 4.79 Å². The van der Waals surface area contributed by atoms with E-state index in [0.29, 0.717) is 11.3 Å². The van der Waals surface area contributed by atoms with Crippen molar-refractivity contribution < 1.29 is 9.59 Å². The maximum atomic E-state index is 12.7. The number of halogens is 2. The zero-order chi connectivity index (χ0) is 19.5. The molecular weight excluding hydrogens is 399 g/mol. The second kappa shape index (κ2) is 11.0. The molecule has 1 aliphatic rings. The lowest BCUT2D eigenvalue weighted by molar-refractivity contribution is -0.119. The van der Waals surface area contributed by atoms with E-state index in [1.165, 1.54) is 0 Å². The summed E-state index contributed by atoms with van der Waals surface area (Å²) >= 11 is 0. The third-order valence-electron chi connectivity index (χ3n) is 5.08. The number of anilines is 1. The summed E-state index contributed by atoms with van der Waals surface area (Å²) in [6, 6.07) is 6.65. The van der Waals surface area contributed by atoms with Crippen molar-refractivity contribution in [3.8, 4) is 0 Å². The highest BCUT2D eigenvalue weighted by atomic mass is 35.5. The first-order valence-corrected chi connectivity index (χ1v) is 9.22. The van der Waals surface area contributed by atoms with E-state index in [-0.39, 0.29) is 48.1 Å².